The zero-order valence-electron chi connectivity index (χ0n) is 9.95. The van der Waals surface area contributed by atoms with Gasteiger partial charge in [0.25, 0.3) is 0 Å². The highest BCUT2D eigenvalue weighted by atomic mass is 32.1. The molecule has 2 aromatic rings. The smallest absolute Gasteiger partial charge is 0.291 e. The number of nitro groups is 1. The summed E-state index contributed by atoms with van der Waals surface area (Å²) in [4.78, 5) is 22.2. The third-order valence-electron chi connectivity index (χ3n) is 2.62. The maximum absolute atomic E-state index is 13.6. The third-order valence-corrected chi connectivity index (χ3v) is 3.67. The molecule has 0 aliphatic rings. The minimum atomic E-state index is -1.31. The topological polar surface area (TPSA) is 84.0 Å². The van der Waals surface area contributed by atoms with E-state index >= 15 is 0 Å². The Balaban J connectivity index is 2.37. The van der Waals surface area contributed by atoms with Crippen molar-refractivity contribution in [2.45, 2.75) is 5.92 Å². The van der Waals surface area contributed by atoms with E-state index in [1.165, 1.54) is 30.3 Å². The number of carbonyl (C=O) groups excluding carboxylic acids is 1. The average Bonchev–Trinajstić information content (AvgIpc) is 2.91. The van der Waals surface area contributed by atoms with E-state index in [0.29, 0.717) is 11.3 Å². The zero-order valence-corrected chi connectivity index (χ0v) is 10.8. The summed E-state index contributed by atoms with van der Waals surface area (Å²) in [5.74, 6) is -2.61. The van der Waals surface area contributed by atoms with Crippen LogP contribution in [0.5, 0.6) is 0 Å². The molecule has 0 aliphatic heterocycles. The van der Waals surface area contributed by atoms with Crippen LogP contribution in [-0.4, -0.2) is 10.7 Å². The maximum Gasteiger partial charge on any atom is 0.324 e. The number of hydrogen-bond acceptors (Lipinski definition) is 5. The lowest BCUT2D eigenvalue weighted by atomic mass is 9.95. The Morgan fingerprint density at radius 2 is 2.05 bits per heavy atom. The number of benzene rings is 1. The van der Waals surface area contributed by atoms with Crippen LogP contribution >= 0.6 is 11.3 Å². The molecule has 0 saturated carbocycles. The van der Waals surface area contributed by atoms with Crippen molar-refractivity contribution in [1.29, 1.82) is 5.26 Å². The number of hydrogen-bond donors (Lipinski definition) is 0. The Labute approximate surface area is 117 Å². The molecule has 1 atom stereocenters. The van der Waals surface area contributed by atoms with Crippen LogP contribution in [0.4, 0.5) is 9.39 Å². The fourth-order valence-corrected chi connectivity index (χ4v) is 2.47. The molecule has 0 spiro atoms. The molecule has 100 valence electrons. The van der Waals surface area contributed by atoms with E-state index in [1.54, 1.807) is 6.07 Å². The van der Waals surface area contributed by atoms with E-state index in [4.69, 9.17) is 5.26 Å². The van der Waals surface area contributed by atoms with Gasteiger partial charge in [0.1, 0.15) is 11.7 Å². The highest BCUT2D eigenvalue weighted by Gasteiger charge is 2.27. The molecule has 2 rings (SSSR count). The van der Waals surface area contributed by atoms with E-state index in [1.807, 2.05) is 0 Å². The first kappa shape index (κ1) is 13.8. The quantitative estimate of drug-likeness (QED) is 0.491. The first-order chi connectivity index (χ1) is 9.54. The lowest BCUT2D eigenvalue weighted by molar-refractivity contribution is -0.380. The van der Waals surface area contributed by atoms with Crippen LogP contribution < -0.4 is 0 Å². The molecule has 0 aliphatic carbocycles. The molecular weight excluding hydrogens is 283 g/mol. The van der Waals surface area contributed by atoms with E-state index in [9.17, 15) is 19.3 Å². The van der Waals surface area contributed by atoms with Gasteiger partial charge in [0.15, 0.2) is 5.78 Å². The highest BCUT2D eigenvalue weighted by molar-refractivity contribution is 7.17. The third kappa shape index (κ3) is 2.55. The Morgan fingerprint density at radius 3 is 2.60 bits per heavy atom. The van der Waals surface area contributed by atoms with Crippen molar-refractivity contribution in [2.24, 2.45) is 0 Å². The van der Waals surface area contributed by atoms with Crippen LogP contribution in [0.3, 0.4) is 0 Å². The fraction of sp³-hybridized carbons (Fsp3) is 0.0769. The van der Waals surface area contributed by atoms with Crippen LogP contribution in [0.15, 0.2) is 36.4 Å². The fourth-order valence-electron chi connectivity index (χ4n) is 1.68. The second kappa shape index (κ2) is 5.59. The number of halogens is 1. The van der Waals surface area contributed by atoms with Gasteiger partial charge in [-0.15, -0.1) is 0 Å². The summed E-state index contributed by atoms with van der Waals surface area (Å²) in [5.41, 5.74) is -0.0314. The van der Waals surface area contributed by atoms with Gasteiger partial charge in [-0.2, -0.15) is 5.26 Å². The lowest BCUT2D eigenvalue weighted by Gasteiger charge is -2.07. The summed E-state index contributed by atoms with van der Waals surface area (Å²) in [6.45, 7) is 0. The van der Waals surface area contributed by atoms with Crippen LogP contribution in [0.25, 0.3) is 0 Å². The van der Waals surface area contributed by atoms with Crippen LogP contribution in [-0.2, 0) is 0 Å². The molecule has 0 radical (unpaired) electrons. The van der Waals surface area contributed by atoms with Gasteiger partial charge < -0.3 is 0 Å². The lowest BCUT2D eigenvalue weighted by Crippen LogP contribution is -2.11. The van der Waals surface area contributed by atoms with E-state index < -0.39 is 22.4 Å². The van der Waals surface area contributed by atoms with Crippen molar-refractivity contribution < 1.29 is 14.1 Å². The summed E-state index contributed by atoms with van der Waals surface area (Å²) >= 11 is 0.671. The van der Waals surface area contributed by atoms with Gasteiger partial charge >= 0.3 is 5.00 Å². The van der Waals surface area contributed by atoms with Crippen LogP contribution in [0.1, 0.15) is 21.2 Å². The molecule has 0 bridgehead atoms. The number of thiophene rings is 1. The Kier molecular flexibility index (Phi) is 3.86. The average molecular weight is 290 g/mol. The molecule has 1 aromatic carbocycles. The standard InChI is InChI=1S/C13H7FN2O3S/c14-10-4-2-1-3-8(10)9(7-15)13(17)11-5-6-12(20-11)16(18)19/h1-6,9H. The van der Waals surface area contributed by atoms with Crippen molar-refractivity contribution in [1.82, 2.24) is 0 Å². The molecule has 5 nitrogen and oxygen atoms in total. The molecule has 1 unspecified atom stereocenters. The number of ketones is 1. The molecule has 0 amide bonds. The van der Waals surface area contributed by atoms with Gasteiger partial charge in [0.2, 0.25) is 0 Å². The SMILES string of the molecule is N#CC(C(=O)c1ccc([N+](=O)[O-])s1)c1ccccc1F. The van der Waals surface area contributed by atoms with Gasteiger partial charge in [-0.1, -0.05) is 29.5 Å². The molecule has 0 N–H and O–H groups in total. The first-order valence-electron chi connectivity index (χ1n) is 5.47. The minimum absolute atomic E-state index is 0.0314. The molecule has 1 heterocycles. The number of carbonyl (C=O) groups is 1. The second-order valence-corrected chi connectivity index (χ2v) is 4.91. The number of rotatable bonds is 4. The van der Waals surface area contributed by atoms with Gasteiger partial charge in [-0.25, -0.2) is 4.39 Å². The van der Waals surface area contributed by atoms with Crippen molar-refractivity contribution >= 4 is 22.1 Å². The summed E-state index contributed by atoms with van der Waals surface area (Å²) < 4.78 is 13.6. The molecule has 1 aromatic heterocycles. The van der Waals surface area contributed by atoms with E-state index in [0.717, 1.165) is 6.07 Å². The first-order valence-corrected chi connectivity index (χ1v) is 6.28. The normalized spacial score (nSPS) is 11.6. The van der Waals surface area contributed by atoms with Gasteiger partial charge in [-0.3, -0.25) is 14.9 Å². The molecule has 0 saturated heterocycles. The Hall–Kier alpha value is -2.59. The molecule has 7 heteroatoms. The number of nitriles is 1. The van der Waals surface area contributed by atoms with Crippen LogP contribution in [0, 0.1) is 27.3 Å². The van der Waals surface area contributed by atoms with Gasteiger partial charge in [0, 0.05) is 11.6 Å². The van der Waals surface area contributed by atoms with Crippen molar-refractivity contribution in [2.75, 3.05) is 0 Å². The van der Waals surface area contributed by atoms with Crippen LogP contribution in [0.2, 0.25) is 0 Å². The van der Waals surface area contributed by atoms with E-state index in [2.05, 4.69) is 0 Å². The summed E-state index contributed by atoms with van der Waals surface area (Å²) in [7, 11) is 0. The molecule has 20 heavy (non-hydrogen) atoms. The number of Topliss-reactive ketones (excluding diaryl/α,β-unsaturated/α-hetero) is 1. The predicted octanol–water partition coefficient (Wildman–Crippen LogP) is 3.29. The predicted molar refractivity (Wildman–Crippen MR) is 70.1 cm³/mol. The second-order valence-electron chi connectivity index (χ2n) is 3.84. The monoisotopic (exact) mass is 290 g/mol. The van der Waals surface area contributed by atoms with Gasteiger partial charge in [-0.05, 0) is 12.1 Å². The maximum atomic E-state index is 13.6. The highest BCUT2D eigenvalue weighted by Crippen LogP contribution is 2.29. The summed E-state index contributed by atoms with van der Waals surface area (Å²) in [6, 6.07) is 9.69. The number of nitrogens with zero attached hydrogens (tertiary/aromatic N) is 2. The Morgan fingerprint density at radius 1 is 1.35 bits per heavy atom. The van der Waals surface area contributed by atoms with Gasteiger partial charge in [0.05, 0.1) is 15.9 Å². The molecule has 0 fully saturated rings. The van der Waals surface area contributed by atoms with Crippen molar-refractivity contribution in [3.05, 3.63) is 62.8 Å². The molecular formula is C13H7FN2O3S. The van der Waals surface area contributed by atoms with Crippen molar-refractivity contribution in [3.8, 4) is 6.07 Å². The zero-order chi connectivity index (χ0) is 14.7. The minimum Gasteiger partial charge on any atom is -0.291 e. The summed E-state index contributed by atoms with van der Waals surface area (Å²) in [6.07, 6.45) is 0. The Bertz CT molecular complexity index is 720. The largest absolute Gasteiger partial charge is 0.324 e. The summed E-state index contributed by atoms with van der Waals surface area (Å²) in [5, 5.41) is 19.5. The van der Waals surface area contributed by atoms with E-state index in [-0.39, 0.29) is 15.4 Å². The van der Waals surface area contributed by atoms with Crippen molar-refractivity contribution in [3.63, 3.8) is 0 Å².